The number of rotatable bonds is 4. The van der Waals surface area contributed by atoms with Gasteiger partial charge in [-0.3, -0.25) is 4.79 Å². The van der Waals surface area contributed by atoms with Gasteiger partial charge in [0.05, 0.1) is 14.2 Å². The smallest absolute Gasteiger partial charge is 0.197 e. The Morgan fingerprint density at radius 3 is 2.43 bits per heavy atom. The Labute approximate surface area is 136 Å². The van der Waals surface area contributed by atoms with Gasteiger partial charge in [-0.15, -0.1) is 0 Å². The van der Waals surface area contributed by atoms with Crippen LogP contribution < -0.4 is 14.9 Å². The molecule has 0 aliphatic rings. The summed E-state index contributed by atoms with van der Waals surface area (Å²) in [7, 11) is 3.03. The zero-order chi connectivity index (χ0) is 16.4. The van der Waals surface area contributed by atoms with Crippen LogP contribution in [0.5, 0.6) is 17.2 Å². The van der Waals surface area contributed by atoms with E-state index in [1.807, 2.05) is 0 Å². The van der Waals surface area contributed by atoms with Crippen molar-refractivity contribution in [3.63, 3.8) is 0 Å². The summed E-state index contributed by atoms with van der Waals surface area (Å²) in [6, 6.07) is 11.4. The summed E-state index contributed by atoms with van der Waals surface area (Å²) in [6.45, 7) is 0. The van der Waals surface area contributed by atoms with Crippen molar-refractivity contribution >= 4 is 22.7 Å². The molecule has 0 bridgehead atoms. The maximum absolute atomic E-state index is 12.4. The molecule has 0 saturated heterocycles. The van der Waals surface area contributed by atoms with Gasteiger partial charge in [0.1, 0.15) is 28.2 Å². The summed E-state index contributed by atoms with van der Waals surface area (Å²) in [5, 5.41) is 10.1. The van der Waals surface area contributed by atoms with Crippen molar-refractivity contribution in [3.8, 4) is 17.2 Å². The van der Waals surface area contributed by atoms with Crippen LogP contribution >= 0.6 is 11.8 Å². The third-order valence-corrected chi connectivity index (χ3v) is 4.17. The van der Waals surface area contributed by atoms with E-state index in [9.17, 15) is 9.90 Å². The highest BCUT2D eigenvalue weighted by atomic mass is 32.2. The fraction of sp³-hybridized carbons (Fsp3) is 0.118. The Morgan fingerprint density at radius 1 is 1.04 bits per heavy atom. The van der Waals surface area contributed by atoms with Crippen LogP contribution in [0.15, 0.2) is 61.7 Å². The van der Waals surface area contributed by atoms with Crippen molar-refractivity contribution in [1.82, 2.24) is 0 Å². The summed E-state index contributed by atoms with van der Waals surface area (Å²) in [5.74, 6) is 1.14. The molecule has 0 aliphatic carbocycles. The lowest BCUT2D eigenvalue weighted by Crippen LogP contribution is -2.03. The number of benzene rings is 2. The molecule has 0 radical (unpaired) electrons. The van der Waals surface area contributed by atoms with E-state index in [4.69, 9.17) is 13.9 Å². The minimum Gasteiger partial charge on any atom is -0.508 e. The lowest BCUT2D eigenvalue weighted by molar-refractivity contribution is 0.394. The number of aromatic hydroxyl groups is 1. The van der Waals surface area contributed by atoms with E-state index in [1.54, 1.807) is 36.4 Å². The Kier molecular flexibility index (Phi) is 4.16. The van der Waals surface area contributed by atoms with Gasteiger partial charge in [0, 0.05) is 23.1 Å². The number of fused-ring (bicyclic) bond motifs is 1. The van der Waals surface area contributed by atoms with E-state index in [2.05, 4.69) is 0 Å². The summed E-state index contributed by atoms with van der Waals surface area (Å²) >= 11 is 1.29. The first-order valence-corrected chi connectivity index (χ1v) is 7.59. The third kappa shape index (κ3) is 3.12. The first-order chi connectivity index (χ1) is 11.1. The Balaban J connectivity index is 2.09. The molecule has 0 aliphatic heterocycles. The Hall–Kier alpha value is -2.60. The van der Waals surface area contributed by atoms with Gasteiger partial charge >= 0.3 is 0 Å². The van der Waals surface area contributed by atoms with Crippen molar-refractivity contribution in [2.75, 3.05) is 14.2 Å². The predicted molar refractivity (Wildman–Crippen MR) is 87.8 cm³/mol. The average Bonchev–Trinajstić information content (AvgIpc) is 2.55. The summed E-state index contributed by atoms with van der Waals surface area (Å²) in [4.78, 5) is 13.2. The molecule has 23 heavy (non-hydrogen) atoms. The molecule has 1 aromatic heterocycles. The van der Waals surface area contributed by atoms with Crippen LogP contribution in [0.1, 0.15) is 0 Å². The van der Waals surface area contributed by atoms with Crippen LogP contribution in [-0.4, -0.2) is 19.3 Å². The van der Waals surface area contributed by atoms with Crippen LogP contribution in [-0.2, 0) is 0 Å². The van der Waals surface area contributed by atoms with Crippen LogP contribution in [0.2, 0.25) is 0 Å². The van der Waals surface area contributed by atoms with E-state index in [1.165, 1.54) is 32.0 Å². The van der Waals surface area contributed by atoms with E-state index < -0.39 is 0 Å². The van der Waals surface area contributed by atoms with Gasteiger partial charge < -0.3 is 19.0 Å². The molecule has 6 heteroatoms. The van der Waals surface area contributed by atoms with E-state index in [-0.39, 0.29) is 11.2 Å². The molecule has 1 heterocycles. The SMILES string of the molecule is COc1cc(OC)c2c(=O)cc(Sc3ccc(O)cc3)oc2c1. The summed E-state index contributed by atoms with van der Waals surface area (Å²) in [5.41, 5.74) is 0.210. The maximum atomic E-state index is 12.4. The molecule has 3 aromatic rings. The number of ether oxygens (including phenoxy) is 2. The predicted octanol–water partition coefficient (Wildman–Crippen LogP) is 3.67. The van der Waals surface area contributed by atoms with Crippen LogP contribution in [0.4, 0.5) is 0 Å². The minimum atomic E-state index is -0.188. The lowest BCUT2D eigenvalue weighted by atomic mass is 10.2. The quantitative estimate of drug-likeness (QED) is 0.787. The normalized spacial score (nSPS) is 10.7. The van der Waals surface area contributed by atoms with Gasteiger partial charge in [-0.05, 0) is 24.3 Å². The molecule has 118 valence electrons. The molecular weight excluding hydrogens is 316 g/mol. The number of hydrogen-bond donors (Lipinski definition) is 1. The number of methoxy groups -OCH3 is 2. The largest absolute Gasteiger partial charge is 0.508 e. The van der Waals surface area contributed by atoms with Crippen molar-refractivity contribution in [3.05, 3.63) is 52.7 Å². The molecule has 5 nitrogen and oxygen atoms in total. The molecule has 0 saturated carbocycles. The Morgan fingerprint density at radius 2 is 1.78 bits per heavy atom. The number of phenolic OH excluding ortho intramolecular Hbond substituents is 1. The van der Waals surface area contributed by atoms with E-state index in [0.29, 0.717) is 27.6 Å². The van der Waals surface area contributed by atoms with Gasteiger partial charge in [0.15, 0.2) is 10.5 Å². The maximum Gasteiger partial charge on any atom is 0.197 e. The Bertz CT molecular complexity index is 899. The lowest BCUT2D eigenvalue weighted by Gasteiger charge is -2.09. The third-order valence-electron chi connectivity index (χ3n) is 3.26. The molecule has 2 aromatic carbocycles. The summed E-state index contributed by atoms with van der Waals surface area (Å²) < 4.78 is 16.2. The van der Waals surface area contributed by atoms with Crippen LogP contribution in [0.25, 0.3) is 11.0 Å². The standard InChI is InChI=1S/C17H14O5S/c1-20-11-7-14(21-2)17-13(19)9-16(22-15(17)8-11)23-12-5-3-10(18)4-6-12/h3-9,18H,1-2H3. The number of phenols is 1. The molecule has 0 atom stereocenters. The molecular formula is C17H14O5S. The van der Waals surface area contributed by atoms with Crippen molar-refractivity contribution in [2.45, 2.75) is 9.99 Å². The second kappa shape index (κ2) is 6.26. The highest BCUT2D eigenvalue weighted by Crippen LogP contribution is 2.34. The second-order valence-electron chi connectivity index (χ2n) is 4.73. The number of hydrogen-bond acceptors (Lipinski definition) is 6. The van der Waals surface area contributed by atoms with Gasteiger partial charge in [0.2, 0.25) is 0 Å². The van der Waals surface area contributed by atoms with Crippen LogP contribution in [0, 0.1) is 0 Å². The van der Waals surface area contributed by atoms with Crippen LogP contribution in [0.3, 0.4) is 0 Å². The van der Waals surface area contributed by atoms with E-state index >= 15 is 0 Å². The highest BCUT2D eigenvalue weighted by Gasteiger charge is 2.13. The van der Waals surface area contributed by atoms with Crippen molar-refractivity contribution in [1.29, 1.82) is 0 Å². The van der Waals surface area contributed by atoms with Gasteiger partial charge in [-0.1, -0.05) is 11.8 Å². The fourth-order valence-electron chi connectivity index (χ4n) is 2.17. The molecule has 0 spiro atoms. The van der Waals surface area contributed by atoms with E-state index in [0.717, 1.165) is 4.90 Å². The molecule has 0 amide bonds. The minimum absolute atomic E-state index is 0.184. The fourth-order valence-corrected chi connectivity index (χ4v) is 2.97. The summed E-state index contributed by atoms with van der Waals surface area (Å²) in [6.07, 6.45) is 0. The second-order valence-corrected chi connectivity index (χ2v) is 5.81. The topological polar surface area (TPSA) is 68.9 Å². The zero-order valence-electron chi connectivity index (χ0n) is 12.5. The zero-order valence-corrected chi connectivity index (χ0v) is 13.3. The van der Waals surface area contributed by atoms with Crippen molar-refractivity contribution in [2.24, 2.45) is 0 Å². The first-order valence-electron chi connectivity index (χ1n) is 6.77. The van der Waals surface area contributed by atoms with Gasteiger partial charge in [-0.25, -0.2) is 0 Å². The molecule has 3 rings (SSSR count). The first kappa shape index (κ1) is 15.3. The van der Waals surface area contributed by atoms with Gasteiger partial charge in [-0.2, -0.15) is 0 Å². The van der Waals surface area contributed by atoms with Gasteiger partial charge in [0.25, 0.3) is 0 Å². The molecule has 1 N–H and O–H groups in total. The average molecular weight is 330 g/mol. The highest BCUT2D eigenvalue weighted by molar-refractivity contribution is 7.99. The monoisotopic (exact) mass is 330 g/mol. The molecule has 0 fully saturated rings. The van der Waals surface area contributed by atoms with Crippen molar-refractivity contribution < 1.29 is 19.0 Å². The molecule has 0 unspecified atom stereocenters.